The van der Waals surface area contributed by atoms with Gasteiger partial charge in [-0.25, -0.2) is 16.8 Å². The molecular weight excluding hydrogens is 526 g/mol. The number of benzene rings is 3. The van der Waals surface area contributed by atoms with Crippen LogP contribution in [-0.2, 0) is 24.8 Å². The summed E-state index contributed by atoms with van der Waals surface area (Å²) in [6, 6.07) is 18.9. The van der Waals surface area contributed by atoms with E-state index in [1.54, 1.807) is 43.3 Å². The highest BCUT2D eigenvalue weighted by molar-refractivity contribution is 7.93. The highest BCUT2D eigenvalue weighted by Gasteiger charge is 2.30. The van der Waals surface area contributed by atoms with Crippen molar-refractivity contribution < 1.29 is 26.4 Å². The first kappa shape index (κ1) is 27.6. The van der Waals surface area contributed by atoms with Gasteiger partial charge in [0.05, 0.1) is 22.1 Å². The molecule has 0 bridgehead atoms. The lowest BCUT2D eigenvalue weighted by molar-refractivity contribution is -0.114. The Morgan fingerprint density at radius 2 is 1.50 bits per heavy atom. The summed E-state index contributed by atoms with van der Waals surface area (Å²) in [5.41, 5.74) is 1.48. The first-order chi connectivity index (χ1) is 18.1. The molecule has 1 amide bonds. The van der Waals surface area contributed by atoms with Crippen molar-refractivity contribution >= 4 is 37.3 Å². The van der Waals surface area contributed by atoms with Gasteiger partial charge < -0.3 is 10.1 Å². The Hall–Kier alpha value is -3.41. The summed E-state index contributed by atoms with van der Waals surface area (Å²) in [6.45, 7) is 4.43. The quantitative estimate of drug-likeness (QED) is 0.403. The predicted octanol–water partition coefficient (Wildman–Crippen LogP) is 4.01. The van der Waals surface area contributed by atoms with Crippen molar-refractivity contribution in [2.24, 2.45) is 0 Å². The van der Waals surface area contributed by atoms with Gasteiger partial charge in [0, 0.05) is 18.8 Å². The Morgan fingerprint density at radius 3 is 2.13 bits per heavy atom. The fraction of sp³-hybridized carbons (Fsp3) is 0.296. The molecule has 0 atom stereocenters. The number of hydrogen-bond donors (Lipinski definition) is 1. The molecule has 1 aliphatic rings. The van der Waals surface area contributed by atoms with Crippen LogP contribution >= 0.6 is 0 Å². The third-order valence-electron chi connectivity index (χ3n) is 6.17. The molecule has 3 aromatic rings. The maximum atomic E-state index is 13.7. The SMILES string of the molecule is CCOc1ccccc1N(CC(=O)Nc1ccc(S(=O)(=O)N2CCCC2)cc1)S(=O)(=O)c1ccc(C)cc1. The number of hydrogen-bond acceptors (Lipinski definition) is 6. The summed E-state index contributed by atoms with van der Waals surface area (Å²) in [7, 11) is -7.71. The number of nitrogens with zero attached hydrogens (tertiary/aromatic N) is 2. The highest BCUT2D eigenvalue weighted by Crippen LogP contribution is 2.32. The van der Waals surface area contributed by atoms with Crippen LogP contribution in [0.15, 0.2) is 82.6 Å². The summed E-state index contributed by atoms with van der Waals surface area (Å²) < 4.78 is 61.0. The van der Waals surface area contributed by atoms with Gasteiger partial charge in [-0.1, -0.05) is 29.8 Å². The third-order valence-corrected chi connectivity index (χ3v) is 9.86. The molecule has 0 aromatic heterocycles. The molecule has 1 aliphatic heterocycles. The topological polar surface area (TPSA) is 113 Å². The Kier molecular flexibility index (Phi) is 8.39. The second-order valence-corrected chi connectivity index (χ2v) is 12.7. The molecule has 1 heterocycles. The second-order valence-electron chi connectivity index (χ2n) is 8.91. The maximum absolute atomic E-state index is 13.7. The molecule has 4 rings (SSSR count). The van der Waals surface area contributed by atoms with Gasteiger partial charge in [-0.05, 0) is 75.2 Å². The largest absolute Gasteiger partial charge is 0.492 e. The number of amides is 1. The van der Waals surface area contributed by atoms with E-state index in [-0.39, 0.29) is 15.5 Å². The lowest BCUT2D eigenvalue weighted by atomic mass is 10.2. The van der Waals surface area contributed by atoms with Crippen molar-refractivity contribution in [1.29, 1.82) is 0 Å². The van der Waals surface area contributed by atoms with Gasteiger partial charge in [0.2, 0.25) is 15.9 Å². The van der Waals surface area contributed by atoms with Gasteiger partial charge in [0.25, 0.3) is 10.0 Å². The molecule has 1 saturated heterocycles. The minimum Gasteiger partial charge on any atom is -0.492 e. The molecule has 0 unspecified atom stereocenters. The van der Waals surface area contributed by atoms with Crippen LogP contribution in [0, 0.1) is 6.92 Å². The number of para-hydroxylation sites is 2. The number of nitrogens with one attached hydrogen (secondary N) is 1. The van der Waals surface area contributed by atoms with Crippen LogP contribution in [0.3, 0.4) is 0 Å². The van der Waals surface area contributed by atoms with Crippen LogP contribution in [0.4, 0.5) is 11.4 Å². The normalized spacial score (nSPS) is 14.3. The number of carbonyl (C=O) groups is 1. The average molecular weight is 558 g/mol. The lowest BCUT2D eigenvalue weighted by Crippen LogP contribution is -2.38. The first-order valence-electron chi connectivity index (χ1n) is 12.3. The monoisotopic (exact) mass is 557 g/mol. The summed E-state index contributed by atoms with van der Waals surface area (Å²) >= 11 is 0. The van der Waals surface area contributed by atoms with Gasteiger partial charge in [0.1, 0.15) is 12.3 Å². The van der Waals surface area contributed by atoms with Crippen LogP contribution < -0.4 is 14.4 Å². The Balaban J connectivity index is 1.59. The van der Waals surface area contributed by atoms with Crippen LogP contribution in [0.25, 0.3) is 0 Å². The number of anilines is 2. The van der Waals surface area contributed by atoms with E-state index in [0.717, 1.165) is 22.7 Å². The highest BCUT2D eigenvalue weighted by atomic mass is 32.2. The summed E-state index contributed by atoms with van der Waals surface area (Å²) in [5, 5.41) is 2.68. The Morgan fingerprint density at radius 1 is 0.895 bits per heavy atom. The molecule has 202 valence electrons. The standard InChI is InChI=1S/C27H31N3O6S2/c1-3-36-26-9-5-4-8-25(26)30(38(34,35)24-14-10-21(2)11-15-24)20-27(31)28-22-12-16-23(17-13-22)37(32,33)29-18-6-7-19-29/h4-5,8-17H,3,6-7,18-20H2,1-2H3,(H,28,31). The van der Waals surface area contributed by atoms with Crippen LogP contribution in [0.2, 0.25) is 0 Å². The molecule has 11 heteroatoms. The number of rotatable bonds is 10. The van der Waals surface area contributed by atoms with E-state index >= 15 is 0 Å². The van der Waals surface area contributed by atoms with E-state index in [4.69, 9.17) is 4.74 Å². The van der Waals surface area contributed by atoms with E-state index in [9.17, 15) is 21.6 Å². The molecule has 0 saturated carbocycles. The Bertz CT molecular complexity index is 1480. The molecule has 38 heavy (non-hydrogen) atoms. The van der Waals surface area contributed by atoms with Crippen molar-refractivity contribution in [3.8, 4) is 5.75 Å². The summed E-state index contributed by atoms with van der Waals surface area (Å²) in [6.07, 6.45) is 1.67. The first-order valence-corrected chi connectivity index (χ1v) is 15.2. The number of ether oxygens (including phenoxy) is 1. The molecular formula is C27H31N3O6S2. The van der Waals surface area contributed by atoms with E-state index in [1.807, 2.05) is 6.92 Å². The molecule has 0 spiro atoms. The molecule has 1 fully saturated rings. The number of carbonyl (C=O) groups excluding carboxylic acids is 1. The zero-order chi connectivity index (χ0) is 27.3. The lowest BCUT2D eigenvalue weighted by Gasteiger charge is -2.26. The van der Waals surface area contributed by atoms with Crippen LogP contribution in [0.1, 0.15) is 25.3 Å². The van der Waals surface area contributed by atoms with E-state index in [0.29, 0.717) is 31.1 Å². The zero-order valence-electron chi connectivity index (χ0n) is 21.3. The summed E-state index contributed by atoms with van der Waals surface area (Å²) in [4.78, 5) is 13.3. The molecule has 3 aromatic carbocycles. The minimum atomic E-state index is -4.13. The number of aryl methyl sites for hydroxylation is 1. The summed E-state index contributed by atoms with van der Waals surface area (Å²) in [5.74, 6) is -0.267. The van der Waals surface area contributed by atoms with Gasteiger partial charge >= 0.3 is 0 Å². The predicted molar refractivity (Wildman–Crippen MR) is 146 cm³/mol. The zero-order valence-corrected chi connectivity index (χ0v) is 23.0. The number of sulfonamides is 2. The second kappa shape index (κ2) is 11.5. The van der Waals surface area contributed by atoms with Crippen LogP contribution in [-0.4, -0.2) is 53.3 Å². The molecule has 0 radical (unpaired) electrons. The van der Waals surface area contributed by atoms with Crippen molar-refractivity contribution in [2.45, 2.75) is 36.5 Å². The molecule has 1 N–H and O–H groups in total. The maximum Gasteiger partial charge on any atom is 0.264 e. The van der Waals surface area contributed by atoms with Crippen molar-refractivity contribution in [3.63, 3.8) is 0 Å². The molecule has 9 nitrogen and oxygen atoms in total. The Labute approximate surface area is 224 Å². The fourth-order valence-corrected chi connectivity index (χ4v) is 7.15. The minimum absolute atomic E-state index is 0.0404. The van der Waals surface area contributed by atoms with Crippen molar-refractivity contribution in [2.75, 3.05) is 35.9 Å². The third kappa shape index (κ3) is 6.01. The van der Waals surface area contributed by atoms with E-state index in [1.165, 1.54) is 40.7 Å². The van der Waals surface area contributed by atoms with Gasteiger partial charge in [-0.15, -0.1) is 0 Å². The van der Waals surface area contributed by atoms with Crippen molar-refractivity contribution in [3.05, 3.63) is 78.4 Å². The van der Waals surface area contributed by atoms with E-state index < -0.39 is 32.5 Å². The van der Waals surface area contributed by atoms with Gasteiger partial charge in [0.15, 0.2) is 0 Å². The van der Waals surface area contributed by atoms with Crippen LogP contribution in [0.5, 0.6) is 5.75 Å². The van der Waals surface area contributed by atoms with Crippen molar-refractivity contribution in [1.82, 2.24) is 4.31 Å². The fourth-order valence-electron chi connectivity index (χ4n) is 4.20. The van der Waals surface area contributed by atoms with Gasteiger partial charge in [-0.2, -0.15) is 4.31 Å². The average Bonchev–Trinajstić information content (AvgIpc) is 3.45. The van der Waals surface area contributed by atoms with E-state index in [2.05, 4.69) is 5.32 Å². The van der Waals surface area contributed by atoms with Gasteiger partial charge in [-0.3, -0.25) is 9.10 Å². The smallest absolute Gasteiger partial charge is 0.264 e. The molecule has 0 aliphatic carbocycles.